The van der Waals surface area contributed by atoms with Gasteiger partial charge in [-0.25, -0.2) is 9.78 Å². The van der Waals surface area contributed by atoms with Crippen molar-refractivity contribution >= 4 is 29.1 Å². The Labute approximate surface area is 125 Å². The van der Waals surface area contributed by atoms with E-state index in [4.69, 9.17) is 5.11 Å². The molecule has 4 nitrogen and oxygen atoms in total. The average molecular weight is 309 g/mol. The van der Waals surface area contributed by atoms with Crippen LogP contribution in [0.3, 0.4) is 0 Å². The third-order valence-electron chi connectivity index (χ3n) is 2.84. The number of rotatable bonds is 5. The summed E-state index contributed by atoms with van der Waals surface area (Å²) in [6.07, 6.45) is 0. The van der Waals surface area contributed by atoms with Crippen LogP contribution in [0, 0.1) is 6.92 Å². The zero-order valence-corrected chi connectivity index (χ0v) is 12.8. The molecule has 1 heterocycles. The number of aryl methyl sites for hydroxylation is 1. The van der Waals surface area contributed by atoms with Gasteiger partial charge in [-0.2, -0.15) is 0 Å². The summed E-state index contributed by atoms with van der Waals surface area (Å²) in [5.74, 6) is -0.537. The third kappa shape index (κ3) is 3.39. The van der Waals surface area contributed by atoms with Crippen molar-refractivity contribution in [3.8, 4) is 0 Å². The molecule has 0 radical (unpaired) electrons. The Bertz CT molecular complexity index is 608. The van der Waals surface area contributed by atoms with E-state index in [-0.39, 0.29) is 4.88 Å². The zero-order chi connectivity index (χ0) is 14.8. The fourth-order valence-electron chi connectivity index (χ4n) is 1.71. The molecule has 0 aliphatic carbocycles. The molecule has 2 N–H and O–H groups in total. The number of hydrogen-bond acceptors (Lipinski definition) is 5. The number of aromatic carboxylic acids is 1. The van der Waals surface area contributed by atoms with Crippen molar-refractivity contribution in [2.75, 3.05) is 5.75 Å². The van der Waals surface area contributed by atoms with Crippen LogP contribution in [0.1, 0.15) is 27.9 Å². The Morgan fingerprint density at radius 1 is 1.40 bits per heavy atom. The van der Waals surface area contributed by atoms with Gasteiger partial charge in [-0.15, -0.1) is 11.3 Å². The molecule has 0 fully saturated rings. The lowest BCUT2D eigenvalue weighted by Crippen LogP contribution is -2.24. The number of thiazole rings is 1. The van der Waals surface area contributed by atoms with Crippen LogP contribution in [0.15, 0.2) is 34.7 Å². The molecule has 2 aromatic rings. The molecule has 20 heavy (non-hydrogen) atoms. The van der Waals surface area contributed by atoms with E-state index in [2.05, 4.69) is 4.98 Å². The summed E-state index contributed by atoms with van der Waals surface area (Å²) < 4.78 is 0.663. The monoisotopic (exact) mass is 309 g/mol. The van der Waals surface area contributed by atoms with Crippen molar-refractivity contribution in [1.82, 2.24) is 4.98 Å². The maximum Gasteiger partial charge on any atom is 0.347 e. The van der Waals surface area contributed by atoms with Crippen molar-refractivity contribution in [3.63, 3.8) is 0 Å². The Hall–Kier alpha value is -1.37. The highest BCUT2D eigenvalue weighted by atomic mass is 32.2. The molecule has 0 spiro atoms. The molecule has 6 heteroatoms. The number of hydrogen-bond donors (Lipinski definition) is 2. The fraction of sp³-hybridized carbons (Fsp3) is 0.286. The van der Waals surface area contributed by atoms with Crippen molar-refractivity contribution in [3.05, 3.63) is 46.5 Å². The Kier molecular flexibility index (Phi) is 4.47. The minimum atomic E-state index is -0.977. The second-order valence-corrected chi connectivity index (χ2v) is 6.85. The number of aliphatic hydroxyl groups is 1. The summed E-state index contributed by atoms with van der Waals surface area (Å²) in [5.41, 5.74) is 0.373. The van der Waals surface area contributed by atoms with E-state index in [1.54, 1.807) is 13.8 Å². The van der Waals surface area contributed by atoms with E-state index in [1.165, 1.54) is 11.8 Å². The van der Waals surface area contributed by atoms with Gasteiger partial charge >= 0.3 is 5.97 Å². The molecule has 0 saturated heterocycles. The Morgan fingerprint density at radius 3 is 2.60 bits per heavy atom. The highest BCUT2D eigenvalue weighted by molar-refractivity contribution is 8.01. The SMILES string of the molecule is Cc1nc(SCC(C)(O)c2ccccc2)sc1C(=O)O. The van der Waals surface area contributed by atoms with Gasteiger partial charge in [-0.3, -0.25) is 0 Å². The molecule has 1 unspecified atom stereocenters. The summed E-state index contributed by atoms with van der Waals surface area (Å²) in [7, 11) is 0. The quantitative estimate of drug-likeness (QED) is 0.830. The van der Waals surface area contributed by atoms with Gasteiger partial charge in [0, 0.05) is 5.75 Å². The van der Waals surface area contributed by atoms with E-state index >= 15 is 0 Å². The number of carbonyl (C=O) groups is 1. The first-order valence-electron chi connectivity index (χ1n) is 6.01. The van der Waals surface area contributed by atoms with E-state index in [0.717, 1.165) is 16.9 Å². The molecule has 0 amide bonds. The van der Waals surface area contributed by atoms with Crippen LogP contribution in [0.2, 0.25) is 0 Å². The van der Waals surface area contributed by atoms with Gasteiger partial charge in [0.25, 0.3) is 0 Å². The molecule has 106 valence electrons. The number of benzene rings is 1. The van der Waals surface area contributed by atoms with Gasteiger partial charge in [-0.1, -0.05) is 42.1 Å². The van der Waals surface area contributed by atoms with Gasteiger partial charge in [0.15, 0.2) is 4.34 Å². The lowest BCUT2D eigenvalue weighted by Gasteiger charge is -2.22. The molecule has 0 aliphatic rings. The number of thioether (sulfide) groups is 1. The van der Waals surface area contributed by atoms with Crippen LogP contribution in [-0.2, 0) is 5.60 Å². The number of aromatic nitrogens is 1. The number of carboxylic acids is 1. The van der Waals surface area contributed by atoms with Crippen molar-refractivity contribution < 1.29 is 15.0 Å². The Balaban J connectivity index is 2.08. The molecule has 1 atom stereocenters. The molecule has 0 saturated carbocycles. The van der Waals surface area contributed by atoms with E-state index in [9.17, 15) is 9.90 Å². The predicted octanol–water partition coefficient (Wildman–Crippen LogP) is 3.15. The standard InChI is InChI=1S/C14H15NO3S2/c1-9-11(12(16)17)20-13(15-9)19-8-14(2,18)10-6-4-3-5-7-10/h3-7,18H,8H2,1-2H3,(H,16,17). The molecular formula is C14H15NO3S2. The average Bonchev–Trinajstić information content (AvgIpc) is 2.79. The lowest BCUT2D eigenvalue weighted by molar-refractivity contribution is 0.0701. The smallest absolute Gasteiger partial charge is 0.347 e. The normalized spacial score (nSPS) is 13.9. The highest BCUT2D eigenvalue weighted by Gasteiger charge is 2.24. The molecule has 0 bridgehead atoms. The maximum atomic E-state index is 11.0. The van der Waals surface area contributed by atoms with Crippen molar-refractivity contribution in [1.29, 1.82) is 0 Å². The molecule has 0 aliphatic heterocycles. The first kappa shape index (κ1) is 15.0. The summed E-state index contributed by atoms with van der Waals surface area (Å²) >= 11 is 2.51. The second-order valence-electron chi connectivity index (χ2n) is 4.63. The fourth-order valence-corrected chi connectivity index (χ4v) is 3.79. The van der Waals surface area contributed by atoms with Crippen LogP contribution >= 0.6 is 23.1 Å². The van der Waals surface area contributed by atoms with Crippen LogP contribution in [0.25, 0.3) is 0 Å². The van der Waals surface area contributed by atoms with Gasteiger partial charge in [0.05, 0.1) is 11.3 Å². The number of nitrogens with zero attached hydrogens (tertiary/aromatic N) is 1. The summed E-state index contributed by atoms with van der Waals surface area (Å²) in [4.78, 5) is 15.4. The van der Waals surface area contributed by atoms with Crippen molar-refractivity contribution in [2.45, 2.75) is 23.8 Å². The first-order chi connectivity index (χ1) is 9.40. The van der Waals surface area contributed by atoms with Crippen LogP contribution in [0.4, 0.5) is 0 Å². The zero-order valence-electron chi connectivity index (χ0n) is 11.2. The molecule has 2 rings (SSSR count). The van der Waals surface area contributed by atoms with Crippen molar-refractivity contribution in [2.24, 2.45) is 0 Å². The van der Waals surface area contributed by atoms with Gasteiger partial charge < -0.3 is 10.2 Å². The third-order valence-corrected chi connectivity index (χ3v) is 5.43. The Morgan fingerprint density at radius 2 is 2.05 bits per heavy atom. The molecule has 1 aromatic carbocycles. The minimum absolute atomic E-state index is 0.256. The highest BCUT2D eigenvalue weighted by Crippen LogP contribution is 2.32. The van der Waals surface area contributed by atoms with E-state index in [0.29, 0.717) is 15.8 Å². The number of carboxylic acid groups (broad SMARTS) is 1. The van der Waals surface area contributed by atoms with E-state index in [1.807, 2.05) is 30.3 Å². The van der Waals surface area contributed by atoms with Gasteiger partial charge in [0.2, 0.25) is 0 Å². The first-order valence-corrected chi connectivity index (χ1v) is 7.82. The minimum Gasteiger partial charge on any atom is -0.477 e. The summed E-state index contributed by atoms with van der Waals surface area (Å²) in [6, 6.07) is 9.40. The van der Waals surface area contributed by atoms with Gasteiger partial charge in [0.1, 0.15) is 4.88 Å². The maximum absolute atomic E-state index is 11.0. The molecular weight excluding hydrogens is 294 g/mol. The lowest BCUT2D eigenvalue weighted by atomic mass is 9.99. The second kappa shape index (κ2) is 5.95. The van der Waals surface area contributed by atoms with Crippen LogP contribution < -0.4 is 0 Å². The molecule has 1 aromatic heterocycles. The summed E-state index contributed by atoms with van der Waals surface area (Å²) in [5, 5.41) is 19.5. The van der Waals surface area contributed by atoms with Gasteiger partial charge in [-0.05, 0) is 19.4 Å². The van der Waals surface area contributed by atoms with E-state index < -0.39 is 11.6 Å². The summed E-state index contributed by atoms with van der Waals surface area (Å²) in [6.45, 7) is 3.42. The van der Waals surface area contributed by atoms with Crippen LogP contribution in [-0.4, -0.2) is 26.9 Å². The largest absolute Gasteiger partial charge is 0.477 e. The predicted molar refractivity (Wildman–Crippen MR) is 80.5 cm³/mol. The van der Waals surface area contributed by atoms with Crippen LogP contribution in [0.5, 0.6) is 0 Å². The topological polar surface area (TPSA) is 70.4 Å².